The Balaban J connectivity index is 1.91. The zero-order chi connectivity index (χ0) is 11.2. The molecule has 0 aliphatic carbocycles. The van der Waals surface area contributed by atoms with Gasteiger partial charge in [0.1, 0.15) is 5.52 Å². The highest BCUT2D eigenvalue weighted by Crippen LogP contribution is 2.11. The molecular weight excluding hydrogens is 204 g/mol. The lowest BCUT2D eigenvalue weighted by atomic mass is 10.3. The van der Waals surface area contributed by atoms with Crippen LogP contribution in [0.5, 0.6) is 0 Å². The van der Waals surface area contributed by atoms with Crippen LogP contribution in [0.3, 0.4) is 0 Å². The predicted octanol–water partition coefficient (Wildman–Crippen LogP) is 1.57. The monoisotopic (exact) mass is 220 g/mol. The fourth-order valence-corrected chi connectivity index (χ4v) is 1.57. The zero-order valence-electron chi connectivity index (χ0n) is 9.39. The molecule has 0 atom stereocenters. The van der Waals surface area contributed by atoms with Crippen molar-refractivity contribution in [1.29, 1.82) is 0 Å². The van der Waals surface area contributed by atoms with Crippen LogP contribution in [0.4, 0.5) is 5.82 Å². The third-order valence-electron chi connectivity index (χ3n) is 2.39. The van der Waals surface area contributed by atoms with E-state index in [1.54, 1.807) is 19.5 Å². The van der Waals surface area contributed by atoms with Crippen LogP contribution in [-0.2, 0) is 4.74 Å². The van der Waals surface area contributed by atoms with Gasteiger partial charge in [0.05, 0.1) is 6.20 Å². The summed E-state index contributed by atoms with van der Waals surface area (Å²) in [4.78, 5) is 4.29. The van der Waals surface area contributed by atoms with Crippen molar-refractivity contribution in [2.75, 3.05) is 25.6 Å². The highest BCUT2D eigenvalue weighted by atomic mass is 16.5. The second-order valence-corrected chi connectivity index (χ2v) is 3.56. The van der Waals surface area contributed by atoms with Gasteiger partial charge in [-0.15, -0.1) is 0 Å². The number of hydrogen-bond donors (Lipinski definition) is 1. The minimum Gasteiger partial charge on any atom is -0.385 e. The predicted molar refractivity (Wildman–Crippen MR) is 62.6 cm³/mol. The molecule has 0 amide bonds. The van der Waals surface area contributed by atoms with Gasteiger partial charge >= 0.3 is 0 Å². The van der Waals surface area contributed by atoms with Gasteiger partial charge in [-0.25, -0.2) is 9.50 Å². The van der Waals surface area contributed by atoms with Gasteiger partial charge < -0.3 is 10.1 Å². The topological polar surface area (TPSA) is 51.5 Å². The Labute approximate surface area is 94.4 Å². The Bertz CT molecular complexity index is 440. The Morgan fingerprint density at radius 1 is 1.38 bits per heavy atom. The van der Waals surface area contributed by atoms with E-state index in [9.17, 15) is 0 Å². The highest BCUT2D eigenvalue weighted by Gasteiger charge is 2.01. The molecule has 0 spiro atoms. The van der Waals surface area contributed by atoms with Crippen molar-refractivity contribution in [2.24, 2.45) is 0 Å². The largest absolute Gasteiger partial charge is 0.385 e. The van der Waals surface area contributed by atoms with Gasteiger partial charge in [-0.3, -0.25) is 0 Å². The SMILES string of the molecule is COCCCCNc1nccn2nccc12. The molecule has 16 heavy (non-hydrogen) atoms. The lowest BCUT2D eigenvalue weighted by molar-refractivity contribution is 0.194. The number of anilines is 1. The molecule has 5 nitrogen and oxygen atoms in total. The van der Waals surface area contributed by atoms with Crippen LogP contribution in [0.25, 0.3) is 5.52 Å². The third-order valence-corrected chi connectivity index (χ3v) is 2.39. The van der Waals surface area contributed by atoms with Gasteiger partial charge in [0, 0.05) is 32.7 Å². The van der Waals surface area contributed by atoms with Crippen molar-refractivity contribution >= 4 is 11.3 Å². The van der Waals surface area contributed by atoms with Gasteiger partial charge in [-0.2, -0.15) is 5.10 Å². The van der Waals surface area contributed by atoms with E-state index in [2.05, 4.69) is 15.4 Å². The number of rotatable bonds is 6. The van der Waals surface area contributed by atoms with E-state index in [0.29, 0.717) is 0 Å². The van der Waals surface area contributed by atoms with Crippen molar-refractivity contribution in [2.45, 2.75) is 12.8 Å². The second kappa shape index (κ2) is 5.46. The maximum atomic E-state index is 4.99. The number of nitrogens with zero attached hydrogens (tertiary/aromatic N) is 3. The minimum absolute atomic E-state index is 0.811. The first-order valence-corrected chi connectivity index (χ1v) is 5.43. The number of fused-ring (bicyclic) bond motifs is 1. The smallest absolute Gasteiger partial charge is 0.152 e. The molecule has 0 aromatic carbocycles. The molecule has 0 saturated heterocycles. The molecule has 0 radical (unpaired) electrons. The summed E-state index contributed by atoms with van der Waals surface area (Å²) in [5, 5.41) is 7.46. The highest BCUT2D eigenvalue weighted by molar-refractivity contribution is 5.66. The zero-order valence-corrected chi connectivity index (χ0v) is 9.39. The minimum atomic E-state index is 0.811. The summed E-state index contributed by atoms with van der Waals surface area (Å²) >= 11 is 0. The summed E-state index contributed by atoms with van der Waals surface area (Å²) in [6, 6.07) is 1.95. The first kappa shape index (κ1) is 10.9. The van der Waals surface area contributed by atoms with Crippen LogP contribution in [0.15, 0.2) is 24.7 Å². The van der Waals surface area contributed by atoms with Crippen molar-refractivity contribution in [1.82, 2.24) is 14.6 Å². The third kappa shape index (κ3) is 2.49. The number of methoxy groups -OCH3 is 1. The van der Waals surface area contributed by atoms with E-state index in [0.717, 1.165) is 37.3 Å². The van der Waals surface area contributed by atoms with Crippen LogP contribution in [-0.4, -0.2) is 34.9 Å². The molecule has 0 aliphatic heterocycles. The number of aromatic nitrogens is 3. The molecule has 0 saturated carbocycles. The van der Waals surface area contributed by atoms with Crippen LogP contribution in [0.1, 0.15) is 12.8 Å². The van der Waals surface area contributed by atoms with E-state index in [1.807, 2.05) is 16.8 Å². The van der Waals surface area contributed by atoms with Gasteiger partial charge in [0.15, 0.2) is 5.82 Å². The molecule has 0 bridgehead atoms. The maximum Gasteiger partial charge on any atom is 0.152 e. The molecule has 5 heteroatoms. The van der Waals surface area contributed by atoms with Gasteiger partial charge in [0.2, 0.25) is 0 Å². The van der Waals surface area contributed by atoms with Crippen LogP contribution < -0.4 is 5.32 Å². The molecule has 0 fully saturated rings. The average molecular weight is 220 g/mol. The number of ether oxygens (including phenoxy) is 1. The fourth-order valence-electron chi connectivity index (χ4n) is 1.57. The summed E-state index contributed by atoms with van der Waals surface area (Å²) < 4.78 is 6.80. The van der Waals surface area contributed by atoms with E-state index in [4.69, 9.17) is 4.74 Å². The molecule has 2 aromatic rings. The van der Waals surface area contributed by atoms with E-state index >= 15 is 0 Å². The van der Waals surface area contributed by atoms with Crippen LogP contribution in [0, 0.1) is 0 Å². The van der Waals surface area contributed by atoms with Crippen LogP contribution in [0.2, 0.25) is 0 Å². The summed E-state index contributed by atoms with van der Waals surface area (Å²) in [5.74, 6) is 0.886. The molecule has 86 valence electrons. The summed E-state index contributed by atoms with van der Waals surface area (Å²) in [7, 11) is 1.72. The first-order chi connectivity index (χ1) is 7.92. The normalized spacial score (nSPS) is 10.8. The van der Waals surface area contributed by atoms with Crippen LogP contribution >= 0.6 is 0 Å². The van der Waals surface area contributed by atoms with E-state index < -0.39 is 0 Å². The Hall–Kier alpha value is -1.62. The maximum absolute atomic E-state index is 4.99. The van der Waals surface area contributed by atoms with E-state index in [-0.39, 0.29) is 0 Å². The second-order valence-electron chi connectivity index (χ2n) is 3.56. The Kier molecular flexibility index (Phi) is 3.71. The molecule has 2 rings (SSSR count). The standard InChI is InChI=1S/C11H16N4O/c1-16-9-3-2-5-12-11-10-4-6-14-15(10)8-7-13-11/h4,6-8H,2-3,5,9H2,1H3,(H,12,13). The Morgan fingerprint density at radius 2 is 2.31 bits per heavy atom. The number of hydrogen-bond acceptors (Lipinski definition) is 4. The van der Waals surface area contributed by atoms with Crippen molar-refractivity contribution < 1.29 is 4.74 Å². The quantitative estimate of drug-likeness (QED) is 0.751. The lowest BCUT2D eigenvalue weighted by Crippen LogP contribution is -2.06. The molecule has 2 aromatic heterocycles. The molecule has 1 N–H and O–H groups in total. The average Bonchev–Trinajstić information content (AvgIpc) is 2.77. The van der Waals surface area contributed by atoms with Crippen molar-refractivity contribution in [3.63, 3.8) is 0 Å². The summed E-state index contributed by atoms with van der Waals surface area (Å²) in [6.07, 6.45) is 7.49. The molecular formula is C11H16N4O. The Morgan fingerprint density at radius 3 is 3.19 bits per heavy atom. The summed E-state index contributed by atoms with van der Waals surface area (Å²) in [6.45, 7) is 1.72. The van der Waals surface area contributed by atoms with Gasteiger partial charge in [-0.05, 0) is 18.9 Å². The number of nitrogens with one attached hydrogen (secondary N) is 1. The molecule has 0 aliphatic rings. The van der Waals surface area contributed by atoms with Gasteiger partial charge in [-0.1, -0.05) is 0 Å². The van der Waals surface area contributed by atoms with Gasteiger partial charge in [0.25, 0.3) is 0 Å². The number of unbranched alkanes of at least 4 members (excludes halogenated alkanes) is 1. The van der Waals surface area contributed by atoms with E-state index in [1.165, 1.54) is 0 Å². The molecule has 0 unspecified atom stereocenters. The summed E-state index contributed by atoms with van der Waals surface area (Å²) in [5.41, 5.74) is 1.01. The lowest BCUT2D eigenvalue weighted by Gasteiger charge is -2.06. The first-order valence-electron chi connectivity index (χ1n) is 5.43. The van der Waals surface area contributed by atoms with Crippen molar-refractivity contribution in [3.8, 4) is 0 Å². The van der Waals surface area contributed by atoms with Crippen molar-refractivity contribution in [3.05, 3.63) is 24.7 Å². The fraction of sp³-hybridized carbons (Fsp3) is 0.455. The molecule has 2 heterocycles.